The number of carbonyl (C=O) groups excluding carboxylic acids is 1. The molecule has 1 atom stereocenters. The van der Waals surface area contributed by atoms with E-state index in [0.29, 0.717) is 25.2 Å². The first kappa shape index (κ1) is 11.0. The molecule has 0 saturated carbocycles. The highest BCUT2D eigenvalue weighted by Crippen LogP contribution is 2.35. The van der Waals surface area contributed by atoms with Crippen molar-refractivity contribution in [1.29, 1.82) is 0 Å². The fourth-order valence-corrected chi connectivity index (χ4v) is 2.23. The highest BCUT2D eigenvalue weighted by molar-refractivity contribution is 5.75. The SMILES string of the molecule is CCOC(=O)C1Cc2ccc(C)c(O)c2C1. The van der Waals surface area contributed by atoms with Gasteiger partial charge in [-0.2, -0.15) is 0 Å². The molecule has 1 unspecified atom stereocenters. The minimum Gasteiger partial charge on any atom is -0.507 e. The average molecular weight is 220 g/mol. The van der Waals surface area contributed by atoms with Crippen LogP contribution in [-0.2, 0) is 22.4 Å². The maximum Gasteiger partial charge on any atom is 0.309 e. The number of rotatable bonds is 2. The van der Waals surface area contributed by atoms with E-state index in [-0.39, 0.29) is 11.9 Å². The van der Waals surface area contributed by atoms with Crippen LogP contribution >= 0.6 is 0 Å². The lowest BCUT2D eigenvalue weighted by Crippen LogP contribution is -2.17. The number of hydrogen-bond acceptors (Lipinski definition) is 3. The number of fused-ring (bicyclic) bond motifs is 1. The van der Waals surface area contributed by atoms with Gasteiger partial charge in [0.2, 0.25) is 0 Å². The summed E-state index contributed by atoms with van der Waals surface area (Å²) in [4.78, 5) is 11.6. The first-order valence-electron chi connectivity index (χ1n) is 5.60. The summed E-state index contributed by atoms with van der Waals surface area (Å²) in [5.41, 5.74) is 2.85. The van der Waals surface area contributed by atoms with Crippen molar-refractivity contribution in [2.24, 2.45) is 5.92 Å². The van der Waals surface area contributed by atoms with Crippen LogP contribution in [0.25, 0.3) is 0 Å². The van der Waals surface area contributed by atoms with E-state index in [4.69, 9.17) is 4.74 Å². The Balaban J connectivity index is 2.21. The Morgan fingerprint density at radius 1 is 1.50 bits per heavy atom. The first-order chi connectivity index (χ1) is 7.63. The van der Waals surface area contributed by atoms with Crippen LogP contribution in [-0.4, -0.2) is 17.7 Å². The lowest BCUT2D eigenvalue weighted by atomic mass is 10.1. The smallest absolute Gasteiger partial charge is 0.309 e. The summed E-state index contributed by atoms with van der Waals surface area (Å²) in [5.74, 6) is 0.0581. The highest BCUT2D eigenvalue weighted by atomic mass is 16.5. The van der Waals surface area contributed by atoms with E-state index in [2.05, 4.69) is 0 Å². The summed E-state index contributed by atoms with van der Waals surface area (Å²) in [7, 11) is 0. The van der Waals surface area contributed by atoms with Crippen LogP contribution in [0.1, 0.15) is 23.6 Å². The van der Waals surface area contributed by atoms with Crippen molar-refractivity contribution in [3.05, 3.63) is 28.8 Å². The van der Waals surface area contributed by atoms with Crippen molar-refractivity contribution in [2.45, 2.75) is 26.7 Å². The number of ether oxygens (including phenoxy) is 1. The number of phenolic OH excluding ortho intramolecular Hbond substituents is 1. The van der Waals surface area contributed by atoms with E-state index in [1.807, 2.05) is 26.0 Å². The summed E-state index contributed by atoms with van der Waals surface area (Å²) < 4.78 is 5.01. The minimum atomic E-state index is -0.157. The van der Waals surface area contributed by atoms with Crippen molar-refractivity contribution >= 4 is 5.97 Å². The van der Waals surface area contributed by atoms with Crippen LogP contribution in [0.5, 0.6) is 5.75 Å². The molecule has 0 aromatic heterocycles. The molecular weight excluding hydrogens is 204 g/mol. The van der Waals surface area contributed by atoms with Crippen molar-refractivity contribution in [3.63, 3.8) is 0 Å². The lowest BCUT2D eigenvalue weighted by molar-refractivity contribution is -0.147. The molecule has 0 spiro atoms. The largest absolute Gasteiger partial charge is 0.507 e. The van der Waals surface area contributed by atoms with Gasteiger partial charge in [0.1, 0.15) is 5.75 Å². The molecule has 1 aromatic carbocycles. The molecule has 16 heavy (non-hydrogen) atoms. The second kappa shape index (κ2) is 4.16. The van der Waals surface area contributed by atoms with Gasteiger partial charge < -0.3 is 9.84 Å². The van der Waals surface area contributed by atoms with E-state index >= 15 is 0 Å². The molecule has 0 amide bonds. The Morgan fingerprint density at radius 3 is 2.94 bits per heavy atom. The van der Waals surface area contributed by atoms with Gasteiger partial charge in [-0.1, -0.05) is 12.1 Å². The van der Waals surface area contributed by atoms with Crippen LogP contribution in [0.4, 0.5) is 0 Å². The third-order valence-electron chi connectivity index (χ3n) is 3.12. The topological polar surface area (TPSA) is 46.5 Å². The third-order valence-corrected chi connectivity index (χ3v) is 3.12. The molecule has 86 valence electrons. The number of benzene rings is 1. The molecule has 1 N–H and O–H groups in total. The number of carbonyl (C=O) groups is 1. The van der Waals surface area contributed by atoms with Crippen molar-refractivity contribution in [1.82, 2.24) is 0 Å². The molecule has 1 aromatic rings. The molecule has 1 aliphatic carbocycles. The van der Waals surface area contributed by atoms with Crippen LogP contribution in [0.2, 0.25) is 0 Å². The normalized spacial score (nSPS) is 18.2. The lowest BCUT2D eigenvalue weighted by Gasteiger charge is -2.07. The summed E-state index contributed by atoms with van der Waals surface area (Å²) in [6.07, 6.45) is 1.28. The van der Waals surface area contributed by atoms with Gasteiger partial charge in [0.05, 0.1) is 12.5 Å². The predicted octanol–water partition coefficient (Wildman–Crippen LogP) is 1.98. The van der Waals surface area contributed by atoms with E-state index in [1.165, 1.54) is 0 Å². The van der Waals surface area contributed by atoms with Gasteiger partial charge >= 0.3 is 5.97 Å². The molecule has 1 aliphatic rings. The average Bonchev–Trinajstić information content (AvgIpc) is 2.69. The second-order valence-corrected chi connectivity index (χ2v) is 4.23. The summed E-state index contributed by atoms with van der Waals surface area (Å²) in [6, 6.07) is 3.88. The molecule has 0 fully saturated rings. The fourth-order valence-electron chi connectivity index (χ4n) is 2.23. The second-order valence-electron chi connectivity index (χ2n) is 4.23. The van der Waals surface area contributed by atoms with Gasteiger partial charge in [-0.05, 0) is 43.4 Å². The number of esters is 1. The van der Waals surface area contributed by atoms with Crippen LogP contribution in [0.3, 0.4) is 0 Å². The molecule has 2 rings (SSSR count). The molecular formula is C13H16O3. The van der Waals surface area contributed by atoms with Crippen LogP contribution in [0, 0.1) is 12.8 Å². The fraction of sp³-hybridized carbons (Fsp3) is 0.462. The maximum atomic E-state index is 11.6. The van der Waals surface area contributed by atoms with Crippen molar-refractivity contribution in [2.75, 3.05) is 6.61 Å². The molecule has 0 radical (unpaired) electrons. The van der Waals surface area contributed by atoms with Gasteiger partial charge in [-0.15, -0.1) is 0 Å². The molecule has 0 bridgehead atoms. The van der Waals surface area contributed by atoms with Crippen LogP contribution in [0.15, 0.2) is 12.1 Å². The van der Waals surface area contributed by atoms with Gasteiger partial charge in [0, 0.05) is 0 Å². The Morgan fingerprint density at radius 2 is 2.25 bits per heavy atom. The molecule has 3 heteroatoms. The van der Waals surface area contributed by atoms with Crippen molar-refractivity contribution < 1.29 is 14.6 Å². The standard InChI is InChI=1S/C13H16O3/c1-3-16-13(15)10-6-9-5-4-8(2)12(14)11(9)7-10/h4-5,10,14H,3,6-7H2,1-2H3. The zero-order chi connectivity index (χ0) is 11.7. The zero-order valence-corrected chi connectivity index (χ0v) is 9.62. The monoisotopic (exact) mass is 220 g/mol. The van der Waals surface area contributed by atoms with Gasteiger partial charge in [-0.3, -0.25) is 4.79 Å². The van der Waals surface area contributed by atoms with Crippen molar-refractivity contribution in [3.8, 4) is 5.75 Å². The Labute approximate surface area is 95.0 Å². The predicted molar refractivity (Wildman–Crippen MR) is 60.4 cm³/mol. The Hall–Kier alpha value is -1.51. The number of phenols is 1. The molecule has 0 heterocycles. The number of hydrogen-bond donors (Lipinski definition) is 1. The number of aromatic hydroxyl groups is 1. The maximum absolute atomic E-state index is 11.6. The van der Waals surface area contributed by atoms with E-state index in [9.17, 15) is 9.90 Å². The van der Waals surface area contributed by atoms with Crippen LogP contribution < -0.4 is 0 Å². The minimum absolute atomic E-state index is 0.123. The summed E-state index contributed by atoms with van der Waals surface area (Å²) >= 11 is 0. The number of aryl methyl sites for hydroxylation is 1. The summed E-state index contributed by atoms with van der Waals surface area (Å²) in [5, 5.41) is 9.90. The molecule has 3 nitrogen and oxygen atoms in total. The van der Waals surface area contributed by atoms with E-state index in [0.717, 1.165) is 16.7 Å². The quantitative estimate of drug-likeness (QED) is 0.775. The third kappa shape index (κ3) is 1.77. The van der Waals surface area contributed by atoms with Gasteiger partial charge in [0.15, 0.2) is 0 Å². The summed E-state index contributed by atoms with van der Waals surface area (Å²) in [6.45, 7) is 4.09. The van der Waals surface area contributed by atoms with E-state index in [1.54, 1.807) is 0 Å². The van der Waals surface area contributed by atoms with Gasteiger partial charge in [-0.25, -0.2) is 0 Å². The van der Waals surface area contributed by atoms with Gasteiger partial charge in [0.25, 0.3) is 0 Å². The molecule has 0 saturated heterocycles. The Kier molecular flexibility index (Phi) is 2.86. The zero-order valence-electron chi connectivity index (χ0n) is 9.62. The molecule has 0 aliphatic heterocycles. The highest BCUT2D eigenvalue weighted by Gasteiger charge is 2.30. The van der Waals surface area contributed by atoms with E-state index < -0.39 is 0 Å². The Bertz CT molecular complexity index is 423. The first-order valence-corrected chi connectivity index (χ1v) is 5.60.